The van der Waals surface area contributed by atoms with Crippen molar-refractivity contribution in [2.45, 2.75) is 30.4 Å². The van der Waals surface area contributed by atoms with E-state index < -0.39 is 26.4 Å². The Morgan fingerprint density at radius 3 is 2.29 bits per heavy atom. The van der Waals surface area contributed by atoms with E-state index in [4.69, 9.17) is 0 Å². The summed E-state index contributed by atoms with van der Waals surface area (Å²) in [5.74, 6) is -3.77. The predicted molar refractivity (Wildman–Crippen MR) is 103 cm³/mol. The fourth-order valence-electron chi connectivity index (χ4n) is 2.71. The van der Waals surface area contributed by atoms with Crippen LogP contribution in [0.2, 0.25) is 0 Å². The maximum Gasteiger partial charge on any atom is 0.341 e. The number of hydrogen-bond donors (Lipinski definition) is 1. The van der Waals surface area contributed by atoms with Crippen LogP contribution in [0.1, 0.15) is 35.8 Å². The first-order chi connectivity index (χ1) is 13.2. The zero-order valence-corrected chi connectivity index (χ0v) is 16.0. The van der Waals surface area contributed by atoms with Crippen LogP contribution >= 0.6 is 0 Å². The molecule has 8 heteroatoms. The van der Waals surface area contributed by atoms with Crippen molar-refractivity contribution in [1.82, 2.24) is 4.98 Å². The van der Waals surface area contributed by atoms with Gasteiger partial charge in [0.1, 0.15) is 0 Å². The third kappa shape index (κ3) is 3.87. The van der Waals surface area contributed by atoms with Gasteiger partial charge in [-0.05, 0) is 42.3 Å². The third-order valence-corrected chi connectivity index (χ3v) is 5.65. The fraction of sp³-hybridized carbons (Fsp3) is 0.200. The maximum absolute atomic E-state index is 12.8. The van der Waals surface area contributed by atoms with E-state index >= 15 is 0 Å². The summed E-state index contributed by atoms with van der Waals surface area (Å²) < 4.78 is 48.2. The van der Waals surface area contributed by atoms with Crippen molar-refractivity contribution in [3.8, 4) is 0 Å². The van der Waals surface area contributed by atoms with Crippen LogP contribution in [0.25, 0.3) is 10.9 Å². The lowest BCUT2D eigenvalue weighted by Crippen LogP contribution is -2.14. The van der Waals surface area contributed by atoms with Crippen molar-refractivity contribution in [3.63, 3.8) is 0 Å². The molecule has 1 aromatic heterocycles. The Balaban J connectivity index is 1.93. The van der Waals surface area contributed by atoms with Crippen LogP contribution in [-0.4, -0.2) is 25.1 Å². The highest BCUT2D eigenvalue weighted by Gasteiger charge is 2.26. The van der Waals surface area contributed by atoms with E-state index in [1.807, 2.05) is 26.0 Å². The van der Waals surface area contributed by atoms with E-state index in [9.17, 15) is 22.0 Å². The molecule has 1 amide bonds. The number of amides is 1. The number of nitrogens with zero attached hydrogens (tertiary/aromatic N) is 1. The van der Waals surface area contributed by atoms with Gasteiger partial charge >= 0.3 is 5.76 Å². The molecule has 3 rings (SSSR count). The van der Waals surface area contributed by atoms with Crippen LogP contribution in [-0.2, 0) is 9.84 Å². The van der Waals surface area contributed by atoms with Crippen molar-refractivity contribution in [1.29, 1.82) is 0 Å². The van der Waals surface area contributed by atoms with Crippen molar-refractivity contribution in [3.05, 3.63) is 65.9 Å². The van der Waals surface area contributed by atoms with Crippen LogP contribution in [0, 0.1) is 0 Å². The number of carbonyl (C=O) groups excluding carboxylic acids is 1. The van der Waals surface area contributed by atoms with Crippen LogP contribution < -0.4 is 5.32 Å². The number of benzene rings is 2. The first kappa shape index (κ1) is 19.9. The summed E-state index contributed by atoms with van der Waals surface area (Å²) in [5, 5.41) is 3.36. The van der Waals surface area contributed by atoms with Crippen molar-refractivity contribution in [2.24, 2.45) is 0 Å². The average Bonchev–Trinajstić information content (AvgIpc) is 2.67. The van der Waals surface area contributed by atoms with E-state index in [1.165, 1.54) is 12.1 Å². The molecule has 0 saturated heterocycles. The molecule has 5 nitrogen and oxygen atoms in total. The number of pyridine rings is 1. The van der Waals surface area contributed by atoms with E-state index in [-0.39, 0.29) is 5.92 Å². The van der Waals surface area contributed by atoms with Gasteiger partial charge in [0.15, 0.2) is 0 Å². The highest BCUT2D eigenvalue weighted by molar-refractivity contribution is 7.91. The van der Waals surface area contributed by atoms with E-state index in [0.717, 1.165) is 17.8 Å². The molecule has 1 N–H and O–H groups in total. The smallest absolute Gasteiger partial charge is 0.322 e. The molecule has 0 aliphatic heterocycles. The van der Waals surface area contributed by atoms with Gasteiger partial charge in [-0.15, -0.1) is 0 Å². The molecular formula is C20H18F2N2O3S. The van der Waals surface area contributed by atoms with Crippen LogP contribution in [0.3, 0.4) is 0 Å². The Hall–Kier alpha value is -2.87. The normalized spacial score (nSPS) is 11.9. The second-order valence-corrected chi connectivity index (χ2v) is 8.47. The largest absolute Gasteiger partial charge is 0.341 e. The Bertz CT molecular complexity index is 1130. The second kappa shape index (κ2) is 7.63. The van der Waals surface area contributed by atoms with Crippen molar-refractivity contribution >= 4 is 32.3 Å². The molecule has 2 aromatic carbocycles. The number of fused-ring (bicyclic) bond motifs is 1. The van der Waals surface area contributed by atoms with Gasteiger partial charge in [0.05, 0.1) is 16.0 Å². The molecule has 0 atom stereocenters. The lowest BCUT2D eigenvalue weighted by molar-refractivity contribution is 0.102. The minimum atomic E-state index is -4.67. The SMILES string of the molecule is CC(C)c1cc(C(=O)Nc2ccc(S(=O)(=O)C(F)F)cc2)c2ccccc2n1. The first-order valence-corrected chi connectivity index (χ1v) is 10.1. The standard InChI is InChI=1S/C20H18F2N2O3S/c1-12(2)18-11-16(15-5-3-4-6-17(15)24-18)19(25)23-13-7-9-14(10-8-13)28(26,27)20(21)22/h3-12,20H,1-2H3,(H,23,25). The number of anilines is 1. The molecule has 0 spiro atoms. The van der Waals surface area contributed by atoms with Crippen molar-refractivity contribution < 1.29 is 22.0 Å². The van der Waals surface area contributed by atoms with Gasteiger partial charge in [0.25, 0.3) is 5.91 Å². The summed E-state index contributed by atoms with van der Waals surface area (Å²) in [5.41, 5.74) is 2.18. The van der Waals surface area contributed by atoms with E-state index in [2.05, 4.69) is 10.3 Å². The summed E-state index contributed by atoms with van der Waals surface area (Å²) >= 11 is 0. The molecule has 0 saturated carbocycles. The van der Waals surface area contributed by atoms with Crippen LogP contribution in [0.4, 0.5) is 14.5 Å². The van der Waals surface area contributed by atoms with Gasteiger partial charge in [-0.25, -0.2) is 8.42 Å². The second-order valence-electron chi connectivity index (χ2n) is 6.55. The Labute approximate surface area is 161 Å². The maximum atomic E-state index is 12.8. The van der Waals surface area contributed by atoms with Gasteiger partial charge in [-0.2, -0.15) is 8.78 Å². The molecule has 28 heavy (non-hydrogen) atoms. The fourth-order valence-corrected chi connectivity index (χ4v) is 3.43. The molecule has 0 unspecified atom stereocenters. The molecule has 0 aliphatic carbocycles. The number of halogens is 2. The van der Waals surface area contributed by atoms with E-state index in [0.29, 0.717) is 22.2 Å². The molecule has 0 aliphatic rings. The Morgan fingerprint density at radius 2 is 1.68 bits per heavy atom. The third-order valence-electron chi connectivity index (χ3n) is 4.25. The van der Waals surface area contributed by atoms with Gasteiger partial charge in [0.2, 0.25) is 9.84 Å². The monoisotopic (exact) mass is 404 g/mol. The van der Waals surface area contributed by atoms with Gasteiger partial charge in [-0.1, -0.05) is 32.0 Å². The predicted octanol–water partition coefficient (Wildman–Crippen LogP) is 4.61. The lowest BCUT2D eigenvalue weighted by atomic mass is 10.0. The molecule has 1 heterocycles. The quantitative estimate of drug-likeness (QED) is 0.674. The van der Waals surface area contributed by atoms with Crippen LogP contribution in [0.5, 0.6) is 0 Å². The highest BCUT2D eigenvalue weighted by atomic mass is 32.2. The minimum absolute atomic E-state index is 0.120. The number of carbonyl (C=O) groups is 1. The summed E-state index contributed by atoms with van der Waals surface area (Å²) in [6.07, 6.45) is 0. The molecular weight excluding hydrogens is 386 g/mol. The number of alkyl halides is 2. The number of para-hydroxylation sites is 1. The summed E-state index contributed by atoms with van der Waals surface area (Å²) in [6, 6.07) is 13.6. The van der Waals surface area contributed by atoms with Gasteiger partial charge in [0, 0.05) is 16.8 Å². The number of sulfone groups is 1. The summed E-state index contributed by atoms with van der Waals surface area (Å²) in [4.78, 5) is 16.9. The number of aromatic nitrogens is 1. The molecule has 0 fully saturated rings. The Morgan fingerprint density at radius 1 is 1.04 bits per heavy atom. The molecule has 3 aromatic rings. The zero-order valence-electron chi connectivity index (χ0n) is 15.2. The summed E-state index contributed by atoms with van der Waals surface area (Å²) in [6.45, 7) is 3.95. The minimum Gasteiger partial charge on any atom is -0.322 e. The lowest BCUT2D eigenvalue weighted by Gasteiger charge is -2.12. The molecule has 146 valence electrons. The van der Waals surface area contributed by atoms with Crippen molar-refractivity contribution in [2.75, 3.05) is 5.32 Å². The average molecular weight is 404 g/mol. The highest BCUT2D eigenvalue weighted by Crippen LogP contribution is 2.24. The molecule has 0 radical (unpaired) electrons. The van der Waals surface area contributed by atoms with Gasteiger partial charge < -0.3 is 5.32 Å². The van der Waals surface area contributed by atoms with E-state index in [1.54, 1.807) is 18.2 Å². The number of hydrogen-bond acceptors (Lipinski definition) is 4. The van der Waals surface area contributed by atoms with Gasteiger partial charge in [-0.3, -0.25) is 9.78 Å². The first-order valence-electron chi connectivity index (χ1n) is 8.53. The topological polar surface area (TPSA) is 76.1 Å². The Kier molecular flexibility index (Phi) is 5.42. The number of nitrogens with one attached hydrogen (secondary N) is 1. The van der Waals surface area contributed by atoms with Crippen LogP contribution in [0.15, 0.2) is 59.5 Å². The zero-order chi connectivity index (χ0) is 20.5. The summed E-state index contributed by atoms with van der Waals surface area (Å²) in [7, 11) is -4.67. The molecule has 0 bridgehead atoms. The number of rotatable bonds is 5.